The first-order chi connectivity index (χ1) is 7.15. The van der Waals surface area contributed by atoms with Crippen LogP contribution in [0.5, 0.6) is 0 Å². The minimum atomic E-state index is -0.627. The van der Waals surface area contributed by atoms with Gasteiger partial charge in [-0.3, -0.25) is 4.40 Å². The summed E-state index contributed by atoms with van der Waals surface area (Å²) in [6, 6.07) is 0. The lowest BCUT2D eigenvalue weighted by Gasteiger charge is -2.08. The first kappa shape index (κ1) is 10.2. The fourth-order valence-corrected chi connectivity index (χ4v) is 2.64. The molecule has 1 unspecified atom stereocenters. The van der Waals surface area contributed by atoms with E-state index in [4.69, 9.17) is 6.42 Å². The predicted molar refractivity (Wildman–Crippen MR) is 61.0 cm³/mol. The van der Waals surface area contributed by atoms with Gasteiger partial charge in [0.2, 0.25) is 0 Å². The maximum atomic E-state index is 9.93. The molecule has 0 amide bonds. The van der Waals surface area contributed by atoms with Crippen molar-refractivity contribution in [3.8, 4) is 12.3 Å². The van der Waals surface area contributed by atoms with Crippen LogP contribution in [0, 0.1) is 26.2 Å². The van der Waals surface area contributed by atoms with Gasteiger partial charge in [-0.05, 0) is 13.8 Å². The van der Waals surface area contributed by atoms with Crippen LogP contribution in [0.15, 0.2) is 5.38 Å². The SMILES string of the molecule is C#CCC(O)c1c(C)nc2scc(C)n12. The van der Waals surface area contributed by atoms with Crippen molar-refractivity contribution in [2.45, 2.75) is 26.4 Å². The lowest BCUT2D eigenvalue weighted by molar-refractivity contribution is 0.177. The van der Waals surface area contributed by atoms with Crippen molar-refractivity contribution in [3.63, 3.8) is 0 Å². The second kappa shape index (κ2) is 3.69. The number of thiazole rings is 1. The van der Waals surface area contributed by atoms with E-state index >= 15 is 0 Å². The molecule has 2 aromatic rings. The molecule has 2 rings (SSSR count). The van der Waals surface area contributed by atoms with Crippen molar-refractivity contribution >= 4 is 16.3 Å². The smallest absolute Gasteiger partial charge is 0.194 e. The van der Waals surface area contributed by atoms with Gasteiger partial charge in [-0.15, -0.1) is 23.7 Å². The first-order valence-electron chi connectivity index (χ1n) is 4.69. The summed E-state index contributed by atoms with van der Waals surface area (Å²) in [6.07, 6.45) is 4.90. The van der Waals surface area contributed by atoms with E-state index < -0.39 is 6.10 Å². The summed E-state index contributed by atoms with van der Waals surface area (Å²) in [7, 11) is 0. The van der Waals surface area contributed by atoms with E-state index in [2.05, 4.69) is 10.9 Å². The van der Waals surface area contributed by atoms with Gasteiger partial charge in [-0.2, -0.15) is 0 Å². The highest BCUT2D eigenvalue weighted by Gasteiger charge is 2.18. The molecule has 0 bridgehead atoms. The number of fused-ring (bicyclic) bond motifs is 1. The van der Waals surface area contributed by atoms with Crippen molar-refractivity contribution in [1.29, 1.82) is 0 Å². The van der Waals surface area contributed by atoms with Gasteiger partial charge < -0.3 is 5.11 Å². The van der Waals surface area contributed by atoms with Gasteiger partial charge >= 0.3 is 0 Å². The van der Waals surface area contributed by atoms with Gasteiger partial charge in [0.05, 0.1) is 11.4 Å². The second-order valence-corrected chi connectivity index (χ2v) is 4.34. The highest BCUT2D eigenvalue weighted by atomic mass is 32.1. The Morgan fingerprint density at radius 2 is 2.40 bits per heavy atom. The van der Waals surface area contributed by atoms with Crippen molar-refractivity contribution in [1.82, 2.24) is 9.38 Å². The molecule has 0 aliphatic carbocycles. The fourth-order valence-electron chi connectivity index (χ4n) is 1.72. The Morgan fingerprint density at radius 3 is 3.07 bits per heavy atom. The number of rotatable bonds is 2. The van der Waals surface area contributed by atoms with Gasteiger partial charge in [0.15, 0.2) is 4.96 Å². The zero-order chi connectivity index (χ0) is 11.0. The van der Waals surface area contributed by atoms with Gasteiger partial charge in [-0.1, -0.05) is 0 Å². The van der Waals surface area contributed by atoms with E-state index in [1.165, 1.54) is 0 Å². The molecule has 0 saturated carbocycles. The van der Waals surface area contributed by atoms with Crippen LogP contribution in [0.3, 0.4) is 0 Å². The van der Waals surface area contributed by atoms with Crippen LogP contribution in [0.1, 0.15) is 29.6 Å². The van der Waals surface area contributed by atoms with Crippen molar-refractivity contribution in [2.24, 2.45) is 0 Å². The molecule has 2 aromatic heterocycles. The lowest BCUT2D eigenvalue weighted by atomic mass is 10.1. The molecule has 0 aliphatic heterocycles. The Hall–Kier alpha value is -1.31. The number of aliphatic hydroxyl groups excluding tert-OH is 1. The van der Waals surface area contributed by atoms with Gasteiger partial charge in [0.25, 0.3) is 0 Å². The number of terminal acetylenes is 1. The second-order valence-electron chi connectivity index (χ2n) is 3.50. The average Bonchev–Trinajstić information content (AvgIpc) is 2.67. The standard InChI is InChI=1S/C11H12N2OS/c1-4-5-9(14)10-8(3)12-11-13(10)7(2)6-15-11/h1,6,9,14H,5H2,2-3H3. The molecule has 1 atom stereocenters. The molecule has 4 heteroatoms. The largest absolute Gasteiger partial charge is 0.386 e. The van der Waals surface area contributed by atoms with Crippen LogP contribution in [0.2, 0.25) is 0 Å². The number of aromatic nitrogens is 2. The van der Waals surface area contributed by atoms with E-state index in [1.54, 1.807) is 11.3 Å². The van der Waals surface area contributed by atoms with Gasteiger partial charge in [-0.25, -0.2) is 4.98 Å². The molecular formula is C11H12N2OS. The fraction of sp³-hybridized carbons (Fsp3) is 0.364. The zero-order valence-electron chi connectivity index (χ0n) is 8.69. The van der Waals surface area contributed by atoms with Crippen molar-refractivity contribution < 1.29 is 5.11 Å². The van der Waals surface area contributed by atoms with Crippen molar-refractivity contribution in [3.05, 3.63) is 22.5 Å². The number of nitrogens with zero attached hydrogens (tertiary/aromatic N) is 2. The zero-order valence-corrected chi connectivity index (χ0v) is 9.51. The van der Waals surface area contributed by atoms with Gasteiger partial charge in [0.1, 0.15) is 6.10 Å². The van der Waals surface area contributed by atoms with E-state index in [-0.39, 0.29) is 0 Å². The number of aliphatic hydroxyl groups is 1. The molecule has 0 saturated heterocycles. The molecule has 0 aliphatic rings. The van der Waals surface area contributed by atoms with Crippen LogP contribution in [0.25, 0.3) is 4.96 Å². The number of hydrogen-bond donors (Lipinski definition) is 1. The van der Waals surface area contributed by atoms with E-state index in [0.29, 0.717) is 6.42 Å². The average molecular weight is 220 g/mol. The highest BCUT2D eigenvalue weighted by Crippen LogP contribution is 2.26. The van der Waals surface area contributed by atoms with Gasteiger partial charge in [0, 0.05) is 17.5 Å². The maximum Gasteiger partial charge on any atom is 0.194 e. The lowest BCUT2D eigenvalue weighted by Crippen LogP contribution is -2.03. The number of hydrogen-bond acceptors (Lipinski definition) is 3. The minimum absolute atomic E-state index is 0.323. The Labute approximate surface area is 92.4 Å². The van der Waals surface area contributed by atoms with Crippen molar-refractivity contribution in [2.75, 3.05) is 0 Å². The topological polar surface area (TPSA) is 37.5 Å². The summed E-state index contributed by atoms with van der Waals surface area (Å²) >= 11 is 1.57. The number of aryl methyl sites for hydroxylation is 2. The first-order valence-corrected chi connectivity index (χ1v) is 5.57. The third kappa shape index (κ3) is 1.54. The van der Waals surface area contributed by atoms with Crippen LogP contribution < -0.4 is 0 Å². The highest BCUT2D eigenvalue weighted by molar-refractivity contribution is 7.15. The molecule has 0 radical (unpaired) electrons. The molecule has 78 valence electrons. The van der Waals surface area contributed by atoms with E-state index in [0.717, 1.165) is 22.0 Å². The minimum Gasteiger partial charge on any atom is -0.386 e. The summed E-state index contributed by atoms with van der Waals surface area (Å²) in [5.74, 6) is 2.47. The monoisotopic (exact) mass is 220 g/mol. The van der Waals surface area contributed by atoms with E-state index in [9.17, 15) is 5.11 Å². The maximum absolute atomic E-state index is 9.93. The Bertz CT molecular complexity index is 533. The Kier molecular flexibility index (Phi) is 2.51. The normalized spacial score (nSPS) is 12.9. The van der Waals surface area contributed by atoms with Crippen LogP contribution in [-0.4, -0.2) is 14.5 Å². The van der Waals surface area contributed by atoms with E-state index in [1.807, 2.05) is 23.6 Å². The third-order valence-electron chi connectivity index (χ3n) is 2.38. The molecule has 3 nitrogen and oxygen atoms in total. The summed E-state index contributed by atoms with van der Waals surface area (Å²) in [5, 5.41) is 12.0. The molecule has 0 spiro atoms. The predicted octanol–water partition coefficient (Wildman–Crippen LogP) is 2.07. The summed E-state index contributed by atoms with van der Waals surface area (Å²) in [6.45, 7) is 3.89. The molecular weight excluding hydrogens is 208 g/mol. The van der Waals surface area contributed by atoms with Crippen LogP contribution in [0.4, 0.5) is 0 Å². The number of imidazole rings is 1. The molecule has 0 aromatic carbocycles. The Morgan fingerprint density at radius 1 is 1.67 bits per heavy atom. The molecule has 15 heavy (non-hydrogen) atoms. The summed E-state index contributed by atoms with van der Waals surface area (Å²) in [5.41, 5.74) is 2.76. The van der Waals surface area contributed by atoms with Crippen LogP contribution >= 0.6 is 11.3 Å². The summed E-state index contributed by atoms with van der Waals surface area (Å²) < 4.78 is 1.97. The Balaban J connectivity index is 2.62. The molecule has 2 heterocycles. The third-order valence-corrected chi connectivity index (χ3v) is 3.32. The molecule has 1 N–H and O–H groups in total. The molecule has 0 fully saturated rings. The quantitative estimate of drug-likeness (QED) is 0.787. The summed E-state index contributed by atoms with van der Waals surface area (Å²) in [4.78, 5) is 5.30. The van der Waals surface area contributed by atoms with Crippen LogP contribution in [-0.2, 0) is 0 Å².